The van der Waals surface area contributed by atoms with Crippen LogP contribution in [0.3, 0.4) is 0 Å². The quantitative estimate of drug-likeness (QED) is 0.648. The van der Waals surface area contributed by atoms with Crippen molar-refractivity contribution in [3.8, 4) is 0 Å². The molecule has 0 saturated heterocycles. The van der Waals surface area contributed by atoms with E-state index in [2.05, 4.69) is 20.5 Å². The SMILES string of the molecule is CCOCC(Nc1n[nH]c(=O)[nH]c1=O)C(C)C. The van der Waals surface area contributed by atoms with Gasteiger partial charge in [-0.3, -0.25) is 9.78 Å². The molecule has 0 aliphatic carbocycles. The van der Waals surface area contributed by atoms with E-state index in [-0.39, 0.29) is 17.8 Å². The van der Waals surface area contributed by atoms with Crippen molar-refractivity contribution in [2.75, 3.05) is 18.5 Å². The minimum atomic E-state index is -0.619. The van der Waals surface area contributed by atoms with Crippen molar-refractivity contribution in [1.29, 1.82) is 0 Å². The van der Waals surface area contributed by atoms with Crippen molar-refractivity contribution in [3.63, 3.8) is 0 Å². The van der Waals surface area contributed by atoms with Crippen LogP contribution in [0.5, 0.6) is 0 Å². The molecular weight excluding hydrogens is 224 g/mol. The Morgan fingerprint density at radius 1 is 1.41 bits per heavy atom. The van der Waals surface area contributed by atoms with Crippen LogP contribution < -0.4 is 16.6 Å². The number of aromatic nitrogens is 3. The third-order valence-electron chi connectivity index (χ3n) is 2.34. The van der Waals surface area contributed by atoms with Gasteiger partial charge in [-0.25, -0.2) is 9.89 Å². The van der Waals surface area contributed by atoms with Crippen molar-refractivity contribution in [2.45, 2.75) is 26.8 Å². The highest BCUT2D eigenvalue weighted by Crippen LogP contribution is 2.06. The largest absolute Gasteiger partial charge is 0.380 e. The average Bonchev–Trinajstić information content (AvgIpc) is 2.26. The van der Waals surface area contributed by atoms with Crippen LogP contribution in [0.25, 0.3) is 0 Å². The van der Waals surface area contributed by atoms with Crippen LogP contribution >= 0.6 is 0 Å². The molecule has 17 heavy (non-hydrogen) atoms. The summed E-state index contributed by atoms with van der Waals surface area (Å²) in [4.78, 5) is 24.3. The monoisotopic (exact) mass is 242 g/mol. The third-order valence-corrected chi connectivity index (χ3v) is 2.34. The molecule has 3 N–H and O–H groups in total. The van der Waals surface area contributed by atoms with Gasteiger partial charge in [-0.2, -0.15) is 0 Å². The first kappa shape index (κ1) is 13.4. The Morgan fingerprint density at radius 2 is 2.12 bits per heavy atom. The Hall–Kier alpha value is -1.63. The standard InChI is InChI=1S/C10H18N4O3/c1-4-17-5-7(6(2)3)11-8-9(15)12-10(16)14-13-8/h6-7H,4-5H2,1-3H3,(H,11,13)(H2,12,14,15,16). The smallest absolute Gasteiger partial charge is 0.342 e. The van der Waals surface area contributed by atoms with E-state index < -0.39 is 11.2 Å². The number of hydrogen-bond donors (Lipinski definition) is 3. The lowest BCUT2D eigenvalue weighted by molar-refractivity contribution is 0.126. The molecule has 1 aromatic rings. The molecule has 1 aromatic heterocycles. The lowest BCUT2D eigenvalue weighted by atomic mass is 10.1. The van der Waals surface area contributed by atoms with Crippen molar-refractivity contribution in [3.05, 3.63) is 20.8 Å². The van der Waals surface area contributed by atoms with Crippen LogP contribution in [-0.2, 0) is 4.74 Å². The predicted octanol–water partition coefficient (Wildman–Crippen LogP) is -0.0688. The number of rotatable bonds is 6. The second-order valence-electron chi connectivity index (χ2n) is 4.01. The normalized spacial score (nSPS) is 12.7. The maximum atomic E-state index is 11.4. The molecule has 0 aliphatic heterocycles. The highest BCUT2D eigenvalue weighted by molar-refractivity contribution is 5.30. The van der Waals surface area contributed by atoms with E-state index in [4.69, 9.17) is 4.74 Å². The van der Waals surface area contributed by atoms with Crippen molar-refractivity contribution in [2.24, 2.45) is 5.92 Å². The van der Waals surface area contributed by atoms with Crippen LogP contribution in [0.2, 0.25) is 0 Å². The summed E-state index contributed by atoms with van der Waals surface area (Å²) in [6.07, 6.45) is 0. The number of H-pyrrole nitrogens is 2. The summed E-state index contributed by atoms with van der Waals surface area (Å²) >= 11 is 0. The van der Waals surface area contributed by atoms with Gasteiger partial charge in [-0.1, -0.05) is 13.8 Å². The van der Waals surface area contributed by atoms with E-state index in [0.717, 1.165) is 0 Å². The minimum absolute atomic E-state index is 0.0329. The number of anilines is 1. The summed E-state index contributed by atoms with van der Waals surface area (Å²) in [5.74, 6) is 0.373. The van der Waals surface area contributed by atoms with Crippen molar-refractivity contribution >= 4 is 5.82 Å². The van der Waals surface area contributed by atoms with E-state index in [0.29, 0.717) is 13.2 Å². The first-order valence-corrected chi connectivity index (χ1v) is 5.57. The molecule has 96 valence electrons. The Morgan fingerprint density at radius 3 is 2.65 bits per heavy atom. The third kappa shape index (κ3) is 4.03. The fourth-order valence-electron chi connectivity index (χ4n) is 1.27. The summed E-state index contributed by atoms with van der Waals surface area (Å²) in [5, 5.41) is 8.80. The Balaban J connectivity index is 2.78. The van der Waals surface area contributed by atoms with E-state index in [1.807, 2.05) is 20.8 Å². The highest BCUT2D eigenvalue weighted by Gasteiger charge is 2.15. The molecular formula is C10H18N4O3. The van der Waals surface area contributed by atoms with Crippen LogP contribution in [0, 0.1) is 5.92 Å². The van der Waals surface area contributed by atoms with Gasteiger partial charge in [0.2, 0.25) is 5.82 Å². The fraction of sp³-hybridized carbons (Fsp3) is 0.700. The zero-order valence-electron chi connectivity index (χ0n) is 10.2. The van der Waals surface area contributed by atoms with Crippen LogP contribution in [0.4, 0.5) is 5.82 Å². The summed E-state index contributed by atoms with van der Waals surface area (Å²) < 4.78 is 5.32. The van der Waals surface area contributed by atoms with E-state index in [1.54, 1.807) is 0 Å². The van der Waals surface area contributed by atoms with Gasteiger partial charge in [-0.05, 0) is 12.8 Å². The Kier molecular flexibility index (Phi) is 4.89. The summed E-state index contributed by atoms with van der Waals surface area (Å²) in [5.41, 5.74) is -1.15. The zero-order chi connectivity index (χ0) is 12.8. The number of aromatic amines is 2. The summed E-state index contributed by atoms with van der Waals surface area (Å²) in [6, 6.07) is -0.0329. The van der Waals surface area contributed by atoms with Gasteiger partial charge in [0.05, 0.1) is 12.6 Å². The molecule has 7 nitrogen and oxygen atoms in total. The lowest BCUT2D eigenvalue weighted by Crippen LogP contribution is -2.36. The van der Waals surface area contributed by atoms with Gasteiger partial charge in [-0.15, -0.1) is 5.10 Å². The summed E-state index contributed by atoms with van der Waals surface area (Å²) in [7, 11) is 0. The van der Waals surface area contributed by atoms with Gasteiger partial charge in [0.25, 0.3) is 5.56 Å². The van der Waals surface area contributed by atoms with Crippen molar-refractivity contribution in [1.82, 2.24) is 15.2 Å². The molecule has 1 unspecified atom stereocenters. The summed E-state index contributed by atoms with van der Waals surface area (Å²) in [6.45, 7) is 7.02. The number of nitrogens with zero attached hydrogens (tertiary/aromatic N) is 1. The van der Waals surface area contributed by atoms with Crippen LogP contribution in [-0.4, -0.2) is 34.4 Å². The molecule has 0 amide bonds. The second-order valence-corrected chi connectivity index (χ2v) is 4.01. The molecule has 0 saturated carbocycles. The number of nitrogens with one attached hydrogen (secondary N) is 3. The molecule has 1 rings (SSSR count). The highest BCUT2D eigenvalue weighted by atomic mass is 16.5. The minimum Gasteiger partial charge on any atom is -0.380 e. The van der Waals surface area contributed by atoms with Gasteiger partial charge >= 0.3 is 5.69 Å². The number of hydrogen-bond acceptors (Lipinski definition) is 5. The van der Waals surface area contributed by atoms with Crippen LogP contribution in [0.15, 0.2) is 9.59 Å². The predicted molar refractivity (Wildman–Crippen MR) is 64.2 cm³/mol. The molecule has 0 radical (unpaired) electrons. The van der Waals surface area contributed by atoms with Gasteiger partial charge in [0.1, 0.15) is 0 Å². The molecule has 1 heterocycles. The molecule has 0 fully saturated rings. The molecule has 0 aromatic carbocycles. The lowest BCUT2D eigenvalue weighted by Gasteiger charge is -2.21. The Bertz CT molecular complexity index is 451. The maximum Gasteiger partial charge on any atom is 0.342 e. The first-order valence-electron chi connectivity index (χ1n) is 5.57. The van der Waals surface area contributed by atoms with Gasteiger partial charge < -0.3 is 10.1 Å². The van der Waals surface area contributed by atoms with E-state index >= 15 is 0 Å². The van der Waals surface area contributed by atoms with Gasteiger partial charge in [0, 0.05) is 6.61 Å². The maximum absolute atomic E-state index is 11.4. The molecule has 0 spiro atoms. The molecule has 0 aliphatic rings. The first-order chi connectivity index (χ1) is 8.04. The molecule has 7 heteroatoms. The molecule has 1 atom stereocenters. The second kappa shape index (κ2) is 6.19. The van der Waals surface area contributed by atoms with Crippen LogP contribution in [0.1, 0.15) is 20.8 Å². The van der Waals surface area contributed by atoms with E-state index in [9.17, 15) is 9.59 Å². The molecule has 0 bridgehead atoms. The topological polar surface area (TPSA) is 99.9 Å². The fourth-order valence-corrected chi connectivity index (χ4v) is 1.27. The van der Waals surface area contributed by atoms with Crippen molar-refractivity contribution < 1.29 is 4.74 Å². The zero-order valence-corrected chi connectivity index (χ0v) is 10.2. The van der Waals surface area contributed by atoms with Gasteiger partial charge in [0.15, 0.2) is 0 Å². The Labute approximate surface area is 98.6 Å². The van der Waals surface area contributed by atoms with E-state index in [1.165, 1.54) is 0 Å². The number of ether oxygens (including phenoxy) is 1. The average molecular weight is 242 g/mol.